The molecule has 1 atom stereocenters. The molecule has 4 aromatic rings. The fourth-order valence-electron chi connectivity index (χ4n) is 4.64. The SMILES string of the molecule is Cn1ncc2c(Cl)ccc(-c3ccc(C#CC(C)(C)O)nc3[C@@H](CC(=O)OC(C)(C)C)Cc3cc(F)cc(F)c3)c21. The molecule has 1 N–H and O–H groups in total. The van der Waals surface area contributed by atoms with E-state index in [0.717, 1.165) is 22.5 Å². The van der Waals surface area contributed by atoms with Crippen LogP contribution in [-0.2, 0) is 23.0 Å². The molecule has 0 unspecified atom stereocenters. The number of rotatable bonds is 6. The van der Waals surface area contributed by atoms with Crippen molar-refractivity contribution in [2.45, 2.75) is 64.6 Å². The lowest BCUT2D eigenvalue weighted by Gasteiger charge is -2.24. The van der Waals surface area contributed by atoms with E-state index in [-0.39, 0.29) is 12.8 Å². The molecule has 0 aliphatic heterocycles. The molecule has 0 saturated carbocycles. The second-order valence-electron chi connectivity index (χ2n) is 11.5. The smallest absolute Gasteiger partial charge is 0.306 e. The summed E-state index contributed by atoms with van der Waals surface area (Å²) in [7, 11) is 1.80. The molecule has 0 bridgehead atoms. The number of carbonyl (C=O) groups excluding carboxylic acids is 1. The van der Waals surface area contributed by atoms with Crippen LogP contribution in [0.3, 0.4) is 0 Å². The summed E-state index contributed by atoms with van der Waals surface area (Å²) in [6.07, 6.45) is 1.66. The average Bonchev–Trinajstić information content (AvgIpc) is 3.23. The zero-order valence-corrected chi connectivity index (χ0v) is 24.6. The number of esters is 1. The van der Waals surface area contributed by atoms with Crippen molar-refractivity contribution >= 4 is 28.5 Å². The van der Waals surface area contributed by atoms with E-state index in [1.807, 2.05) is 12.1 Å². The maximum atomic E-state index is 14.2. The van der Waals surface area contributed by atoms with Crippen LogP contribution in [0.5, 0.6) is 0 Å². The van der Waals surface area contributed by atoms with Crippen LogP contribution in [0.15, 0.2) is 48.7 Å². The summed E-state index contributed by atoms with van der Waals surface area (Å²) in [4.78, 5) is 18.0. The van der Waals surface area contributed by atoms with Crippen LogP contribution >= 0.6 is 11.6 Å². The van der Waals surface area contributed by atoms with E-state index in [2.05, 4.69) is 16.9 Å². The van der Waals surface area contributed by atoms with Crippen molar-refractivity contribution in [3.63, 3.8) is 0 Å². The van der Waals surface area contributed by atoms with Gasteiger partial charge in [-0.3, -0.25) is 9.48 Å². The van der Waals surface area contributed by atoms with Crippen molar-refractivity contribution in [2.75, 3.05) is 0 Å². The molecule has 0 aliphatic rings. The number of ether oxygens (including phenoxy) is 1. The average molecular weight is 580 g/mol. The molecule has 2 heterocycles. The summed E-state index contributed by atoms with van der Waals surface area (Å²) in [6, 6.07) is 10.4. The monoisotopic (exact) mass is 579 g/mol. The fraction of sp³-hybridized carbons (Fsp3) is 0.344. The number of hydrogen-bond donors (Lipinski definition) is 1. The molecular formula is C32H32ClF2N3O3. The van der Waals surface area contributed by atoms with Crippen molar-refractivity contribution in [2.24, 2.45) is 7.05 Å². The van der Waals surface area contributed by atoms with Crippen LogP contribution in [0.2, 0.25) is 5.02 Å². The summed E-state index contributed by atoms with van der Waals surface area (Å²) in [6.45, 7) is 8.43. The van der Waals surface area contributed by atoms with Crippen molar-refractivity contribution in [3.8, 4) is 23.0 Å². The van der Waals surface area contributed by atoms with Crippen LogP contribution in [0.4, 0.5) is 8.78 Å². The molecule has 214 valence electrons. The van der Waals surface area contributed by atoms with Gasteiger partial charge in [-0.15, -0.1) is 0 Å². The molecule has 0 aliphatic carbocycles. The molecule has 0 amide bonds. The molecule has 4 rings (SSSR count). The number of aromatic nitrogens is 3. The van der Waals surface area contributed by atoms with Crippen LogP contribution in [0, 0.1) is 23.5 Å². The minimum absolute atomic E-state index is 0.0957. The second kappa shape index (κ2) is 11.6. The van der Waals surface area contributed by atoms with Gasteiger partial charge < -0.3 is 9.84 Å². The maximum absolute atomic E-state index is 14.2. The van der Waals surface area contributed by atoms with Gasteiger partial charge >= 0.3 is 5.97 Å². The van der Waals surface area contributed by atoms with E-state index in [0.29, 0.717) is 27.5 Å². The number of aryl methyl sites for hydroxylation is 1. The van der Waals surface area contributed by atoms with Gasteiger partial charge in [0.1, 0.15) is 28.5 Å². The highest BCUT2D eigenvalue weighted by molar-refractivity contribution is 6.35. The minimum Gasteiger partial charge on any atom is -0.460 e. The van der Waals surface area contributed by atoms with Crippen LogP contribution in [0.1, 0.15) is 63.9 Å². The number of hydrogen-bond acceptors (Lipinski definition) is 5. The lowest BCUT2D eigenvalue weighted by Crippen LogP contribution is -2.25. The van der Waals surface area contributed by atoms with Gasteiger partial charge in [0.15, 0.2) is 0 Å². The van der Waals surface area contributed by atoms with Gasteiger partial charge in [0, 0.05) is 35.5 Å². The van der Waals surface area contributed by atoms with Crippen molar-refractivity contribution in [1.82, 2.24) is 14.8 Å². The van der Waals surface area contributed by atoms with E-state index >= 15 is 0 Å². The molecule has 41 heavy (non-hydrogen) atoms. The largest absolute Gasteiger partial charge is 0.460 e. The highest BCUT2D eigenvalue weighted by atomic mass is 35.5. The minimum atomic E-state index is -1.26. The molecule has 0 saturated heterocycles. The Kier molecular flexibility index (Phi) is 8.53. The third-order valence-corrected chi connectivity index (χ3v) is 6.51. The highest BCUT2D eigenvalue weighted by Gasteiger charge is 2.27. The van der Waals surface area contributed by atoms with Gasteiger partial charge in [-0.2, -0.15) is 5.10 Å². The lowest BCUT2D eigenvalue weighted by molar-refractivity contribution is -0.155. The number of pyridine rings is 1. The van der Waals surface area contributed by atoms with Crippen molar-refractivity contribution in [1.29, 1.82) is 0 Å². The Morgan fingerprint density at radius 1 is 1.07 bits per heavy atom. The van der Waals surface area contributed by atoms with Gasteiger partial charge in [0.25, 0.3) is 0 Å². The molecule has 2 aromatic heterocycles. The van der Waals surface area contributed by atoms with Crippen molar-refractivity contribution < 1.29 is 23.4 Å². The van der Waals surface area contributed by atoms with E-state index < -0.39 is 34.7 Å². The molecular weight excluding hydrogens is 548 g/mol. The number of nitrogens with zero attached hydrogens (tertiary/aromatic N) is 3. The third-order valence-electron chi connectivity index (χ3n) is 6.18. The lowest BCUT2D eigenvalue weighted by atomic mass is 9.87. The van der Waals surface area contributed by atoms with Crippen molar-refractivity contribution in [3.05, 3.63) is 82.3 Å². The Labute approximate surface area is 243 Å². The Morgan fingerprint density at radius 2 is 1.73 bits per heavy atom. The zero-order chi connectivity index (χ0) is 30.1. The maximum Gasteiger partial charge on any atom is 0.306 e. The standard InChI is InChI=1S/C32H32ClF2N3O3/c1-31(2,3)41-28(39)16-20(13-19-14-21(34)17-22(35)15-19)29-24(8-7-23(37-29)11-12-32(4,5)40)25-9-10-27(33)26-18-36-38(6)30(25)26/h7-10,14-15,17-18,20,40H,13,16H2,1-6H3/t20-/m1/s1. The van der Waals surface area contributed by atoms with Crippen LogP contribution in [0.25, 0.3) is 22.0 Å². The first-order valence-corrected chi connectivity index (χ1v) is 13.5. The normalized spacial score (nSPS) is 12.6. The Hall–Kier alpha value is -3.80. The highest BCUT2D eigenvalue weighted by Crippen LogP contribution is 2.38. The van der Waals surface area contributed by atoms with Gasteiger partial charge in [0.05, 0.1) is 28.9 Å². The topological polar surface area (TPSA) is 77.2 Å². The van der Waals surface area contributed by atoms with Gasteiger partial charge in [-0.1, -0.05) is 23.6 Å². The Morgan fingerprint density at radius 3 is 2.37 bits per heavy atom. The van der Waals surface area contributed by atoms with E-state index in [9.17, 15) is 18.7 Å². The first-order chi connectivity index (χ1) is 19.1. The number of halogens is 3. The van der Waals surface area contributed by atoms with Crippen LogP contribution in [-0.4, -0.2) is 37.0 Å². The second-order valence-corrected chi connectivity index (χ2v) is 11.9. The molecule has 0 fully saturated rings. The molecule has 6 nitrogen and oxygen atoms in total. The Balaban J connectivity index is 1.95. The van der Waals surface area contributed by atoms with E-state index in [1.165, 1.54) is 12.1 Å². The molecule has 2 aromatic carbocycles. The zero-order valence-electron chi connectivity index (χ0n) is 23.8. The number of carbonyl (C=O) groups is 1. The third kappa shape index (κ3) is 7.69. The van der Waals surface area contributed by atoms with Gasteiger partial charge in [-0.05, 0) is 82.9 Å². The molecule has 0 spiro atoms. The quantitative estimate of drug-likeness (QED) is 0.202. The van der Waals surface area contributed by atoms with Gasteiger partial charge in [0.2, 0.25) is 0 Å². The predicted octanol–water partition coefficient (Wildman–Crippen LogP) is 6.75. The van der Waals surface area contributed by atoms with Crippen LogP contribution < -0.4 is 0 Å². The van der Waals surface area contributed by atoms with Gasteiger partial charge in [-0.25, -0.2) is 13.8 Å². The predicted molar refractivity (Wildman–Crippen MR) is 155 cm³/mol. The molecule has 9 heteroatoms. The van der Waals surface area contributed by atoms with E-state index in [4.69, 9.17) is 21.3 Å². The Bertz CT molecular complexity index is 1650. The summed E-state index contributed by atoms with van der Waals surface area (Å²) in [5.41, 5.74) is 1.39. The number of aliphatic hydroxyl groups is 1. The summed E-state index contributed by atoms with van der Waals surface area (Å²) in [5.74, 6) is 3.09. The molecule has 0 radical (unpaired) electrons. The van der Waals surface area contributed by atoms with E-state index in [1.54, 1.807) is 64.7 Å². The summed E-state index contributed by atoms with van der Waals surface area (Å²) >= 11 is 6.47. The first kappa shape index (κ1) is 30.2. The first-order valence-electron chi connectivity index (χ1n) is 13.1. The number of benzene rings is 2. The fourth-order valence-corrected chi connectivity index (χ4v) is 4.84. The summed E-state index contributed by atoms with van der Waals surface area (Å²) in [5, 5.41) is 15.8. The summed E-state index contributed by atoms with van der Waals surface area (Å²) < 4.78 is 35.7. The number of fused-ring (bicyclic) bond motifs is 1.